The monoisotopic (exact) mass is 577 g/mol. The zero-order valence-electron chi connectivity index (χ0n) is 20.5. The molecular weight excluding hydrogens is 541 g/mol. The predicted octanol–water partition coefficient (Wildman–Crippen LogP) is 4.16. The SMILES string of the molecule is CC(C)=NO[C@@H]1C[C@H](n2cc(I)c(N=CN(C)C)nc2=O)O[C@@H]1CO[Si](C)(C)C(C)(C)C. The second kappa shape index (κ2) is 10.7. The van der Waals surface area contributed by atoms with Gasteiger partial charge in [-0.3, -0.25) is 4.57 Å². The fourth-order valence-corrected chi connectivity index (χ4v) is 4.29. The molecule has 9 nitrogen and oxygen atoms in total. The number of aliphatic imine (C=N–C) groups is 1. The molecule has 0 saturated carbocycles. The van der Waals surface area contributed by atoms with Crippen LogP contribution in [0.4, 0.5) is 5.82 Å². The van der Waals surface area contributed by atoms with Crippen molar-refractivity contribution in [2.45, 2.75) is 77.6 Å². The third-order valence-electron chi connectivity index (χ3n) is 5.58. The highest BCUT2D eigenvalue weighted by molar-refractivity contribution is 14.1. The number of aromatic nitrogens is 2. The maximum atomic E-state index is 12.7. The largest absolute Gasteiger partial charge is 0.414 e. The molecule has 32 heavy (non-hydrogen) atoms. The van der Waals surface area contributed by atoms with Crippen LogP contribution in [-0.2, 0) is 14.0 Å². The number of ether oxygens (including phenoxy) is 1. The van der Waals surface area contributed by atoms with E-state index in [0.29, 0.717) is 18.8 Å². The van der Waals surface area contributed by atoms with E-state index in [1.165, 1.54) is 4.57 Å². The first-order valence-corrected chi connectivity index (χ1v) is 14.7. The minimum absolute atomic E-state index is 0.0827. The molecule has 11 heteroatoms. The molecule has 0 bridgehead atoms. The molecule has 2 heterocycles. The first-order chi connectivity index (χ1) is 14.7. The Morgan fingerprint density at radius 3 is 2.62 bits per heavy atom. The van der Waals surface area contributed by atoms with E-state index in [-0.39, 0.29) is 17.2 Å². The lowest BCUT2D eigenvalue weighted by atomic mass is 10.2. The van der Waals surface area contributed by atoms with Crippen molar-refractivity contribution in [1.82, 2.24) is 14.5 Å². The number of hydrogen-bond donors (Lipinski definition) is 0. The van der Waals surface area contributed by atoms with Crippen LogP contribution in [0.3, 0.4) is 0 Å². The number of rotatable bonds is 8. The maximum Gasteiger partial charge on any atom is 0.351 e. The molecule has 180 valence electrons. The van der Waals surface area contributed by atoms with Gasteiger partial charge < -0.3 is 18.9 Å². The van der Waals surface area contributed by atoms with Gasteiger partial charge in [0.1, 0.15) is 12.3 Å². The van der Waals surface area contributed by atoms with Crippen LogP contribution in [-0.4, -0.2) is 67.7 Å². The van der Waals surface area contributed by atoms with E-state index in [9.17, 15) is 4.79 Å². The lowest BCUT2D eigenvalue weighted by Crippen LogP contribution is -2.44. The van der Waals surface area contributed by atoms with Crippen molar-refractivity contribution >= 4 is 48.8 Å². The molecule has 0 amide bonds. The normalized spacial score (nSPS) is 21.8. The second-order valence-corrected chi connectivity index (χ2v) is 15.9. The summed E-state index contributed by atoms with van der Waals surface area (Å²) in [5.74, 6) is 0.385. The van der Waals surface area contributed by atoms with Crippen molar-refractivity contribution in [1.29, 1.82) is 0 Å². The summed E-state index contributed by atoms with van der Waals surface area (Å²) in [5.41, 5.74) is 0.398. The minimum atomic E-state index is -1.97. The van der Waals surface area contributed by atoms with Gasteiger partial charge in [0, 0.05) is 26.7 Å². The van der Waals surface area contributed by atoms with E-state index in [1.807, 2.05) is 27.9 Å². The molecule has 1 saturated heterocycles. The van der Waals surface area contributed by atoms with Gasteiger partial charge in [-0.15, -0.1) is 0 Å². The molecule has 1 aromatic heterocycles. The van der Waals surface area contributed by atoms with E-state index in [0.717, 1.165) is 9.28 Å². The molecule has 0 aromatic carbocycles. The summed E-state index contributed by atoms with van der Waals surface area (Å²) in [6, 6.07) is 0. The van der Waals surface area contributed by atoms with Crippen molar-refractivity contribution in [2.75, 3.05) is 20.7 Å². The van der Waals surface area contributed by atoms with Crippen LogP contribution < -0.4 is 5.69 Å². The summed E-state index contributed by atoms with van der Waals surface area (Å²) in [6.07, 6.45) is 2.64. The van der Waals surface area contributed by atoms with Gasteiger partial charge in [0.15, 0.2) is 20.2 Å². The Hall–Kier alpha value is -1.31. The molecule has 3 atom stereocenters. The van der Waals surface area contributed by atoms with Crippen LogP contribution in [0.15, 0.2) is 21.1 Å². The van der Waals surface area contributed by atoms with E-state index >= 15 is 0 Å². The molecular formula is C21H36IN5O4Si. The van der Waals surface area contributed by atoms with Crippen LogP contribution in [0.25, 0.3) is 0 Å². The lowest BCUT2D eigenvalue weighted by molar-refractivity contribution is -0.0591. The Bertz CT molecular complexity index is 906. The Kier molecular flexibility index (Phi) is 9.04. The first kappa shape index (κ1) is 26.9. The molecule has 0 spiro atoms. The Labute approximate surface area is 205 Å². The van der Waals surface area contributed by atoms with E-state index in [2.05, 4.69) is 71.6 Å². The van der Waals surface area contributed by atoms with Crippen molar-refractivity contribution in [2.24, 2.45) is 10.1 Å². The standard InChI is InChI=1S/C21H36IN5O4Si/c1-14(2)25-31-16-10-18(30-17(16)12-29-32(8,9)21(3,4)5)27-11-15(22)19(24-20(27)28)23-13-26(6)7/h11,13,16-18H,10,12H2,1-9H3/t16-,17-,18-/m1/s1. The molecule has 1 aromatic rings. The summed E-state index contributed by atoms with van der Waals surface area (Å²) in [7, 11) is 1.75. The highest BCUT2D eigenvalue weighted by Gasteiger charge is 2.43. The highest BCUT2D eigenvalue weighted by atomic mass is 127. The van der Waals surface area contributed by atoms with Crippen molar-refractivity contribution in [3.8, 4) is 0 Å². The van der Waals surface area contributed by atoms with Crippen LogP contribution in [0.2, 0.25) is 18.1 Å². The zero-order chi connectivity index (χ0) is 24.3. The molecule has 1 fully saturated rings. The summed E-state index contributed by atoms with van der Waals surface area (Å²) < 4.78 is 14.9. The van der Waals surface area contributed by atoms with Crippen LogP contribution in [0, 0.1) is 3.57 Å². The smallest absolute Gasteiger partial charge is 0.351 e. The Morgan fingerprint density at radius 1 is 1.41 bits per heavy atom. The minimum Gasteiger partial charge on any atom is -0.414 e. The zero-order valence-corrected chi connectivity index (χ0v) is 23.7. The number of nitrogens with zero attached hydrogens (tertiary/aromatic N) is 5. The summed E-state index contributed by atoms with van der Waals surface area (Å²) in [4.78, 5) is 28.7. The topological polar surface area (TPSA) is 90.5 Å². The quantitative estimate of drug-likeness (QED) is 0.152. The number of oxime groups is 1. The van der Waals surface area contributed by atoms with Crippen molar-refractivity contribution < 1.29 is 14.0 Å². The summed E-state index contributed by atoms with van der Waals surface area (Å²) in [6.45, 7) is 15.1. The molecule has 2 rings (SSSR count). The highest BCUT2D eigenvalue weighted by Crippen LogP contribution is 2.38. The van der Waals surface area contributed by atoms with E-state index in [4.69, 9.17) is 14.0 Å². The van der Waals surface area contributed by atoms with E-state index < -0.39 is 20.2 Å². The fourth-order valence-electron chi connectivity index (χ4n) is 2.72. The molecule has 1 aliphatic heterocycles. The first-order valence-electron chi connectivity index (χ1n) is 10.7. The average molecular weight is 578 g/mol. The summed E-state index contributed by atoms with van der Waals surface area (Å²) >= 11 is 2.13. The van der Waals surface area contributed by atoms with Gasteiger partial charge >= 0.3 is 5.69 Å². The number of halogens is 1. The van der Waals surface area contributed by atoms with Crippen molar-refractivity contribution in [3.63, 3.8) is 0 Å². The molecule has 0 N–H and O–H groups in total. The maximum absolute atomic E-state index is 12.7. The van der Waals surface area contributed by atoms with Crippen LogP contribution in [0.5, 0.6) is 0 Å². The van der Waals surface area contributed by atoms with Gasteiger partial charge in [-0.25, -0.2) is 9.79 Å². The fraction of sp³-hybridized carbons (Fsp3) is 0.714. The molecule has 1 aliphatic rings. The van der Waals surface area contributed by atoms with Gasteiger partial charge in [0.05, 0.1) is 22.2 Å². The van der Waals surface area contributed by atoms with Crippen molar-refractivity contribution in [3.05, 3.63) is 20.3 Å². The molecule has 0 unspecified atom stereocenters. The van der Waals surface area contributed by atoms with Gasteiger partial charge in [-0.05, 0) is 54.6 Å². The van der Waals surface area contributed by atoms with Crippen LogP contribution in [0.1, 0.15) is 47.3 Å². The average Bonchev–Trinajstić information content (AvgIpc) is 3.07. The van der Waals surface area contributed by atoms with E-state index in [1.54, 1.807) is 17.4 Å². The molecule has 0 aliphatic carbocycles. The van der Waals surface area contributed by atoms with Crippen LogP contribution >= 0.6 is 22.6 Å². The number of hydrogen-bond acceptors (Lipinski definition) is 7. The van der Waals surface area contributed by atoms with Gasteiger partial charge in [0.2, 0.25) is 0 Å². The van der Waals surface area contributed by atoms with Gasteiger partial charge in [-0.2, -0.15) is 4.98 Å². The van der Waals surface area contributed by atoms with Gasteiger partial charge in [-0.1, -0.05) is 25.9 Å². The molecule has 0 radical (unpaired) electrons. The third kappa shape index (κ3) is 7.09. The summed E-state index contributed by atoms with van der Waals surface area (Å²) in [5, 5.41) is 4.22. The Balaban J connectivity index is 2.25. The second-order valence-electron chi connectivity index (χ2n) is 9.93. The third-order valence-corrected chi connectivity index (χ3v) is 10.8. The lowest BCUT2D eigenvalue weighted by Gasteiger charge is -2.37. The van der Waals surface area contributed by atoms with Gasteiger partial charge in [0.25, 0.3) is 0 Å². The Morgan fingerprint density at radius 2 is 2.06 bits per heavy atom. The predicted molar refractivity (Wildman–Crippen MR) is 138 cm³/mol.